The van der Waals surface area contributed by atoms with Crippen molar-refractivity contribution < 1.29 is 8.78 Å². The van der Waals surface area contributed by atoms with E-state index in [1.54, 1.807) is 0 Å². The standard InChI is InChI=1S/C13H13ClF2N2S/c1-7-6-19-13(11(7)14)10(18-17)5-8-3-2-4-9(15)12(8)16/h2-4,6,10,18H,5,17H2,1H3. The first-order valence-electron chi connectivity index (χ1n) is 5.67. The quantitative estimate of drug-likeness (QED) is 0.667. The number of hydrazine groups is 1. The Bertz CT molecular complexity index is 586. The van der Waals surface area contributed by atoms with Crippen molar-refractivity contribution in [1.82, 2.24) is 5.43 Å². The van der Waals surface area contributed by atoms with Crippen LogP contribution in [0.25, 0.3) is 0 Å². The summed E-state index contributed by atoms with van der Waals surface area (Å²) in [6, 6.07) is 3.76. The van der Waals surface area contributed by atoms with Gasteiger partial charge in [-0.15, -0.1) is 11.3 Å². The predicted octanol–water partition coefficient (Wildman–Crippen LogP) is 3.74. The summed E-state index contributed by atoms with van der Waals surface area (Å²) < 4.78 is 26.8. The van der Waals surface area contributed by atoms with E-state index in [0.29, 0.717) is 5.02 Å². The summed E-state index contributed by atoms with van der Waals surface area (Å²) in [7, 11) is 0. The Balaban J connectivity index is 2.29. The molecule has 0 spiro atoms. The highest BCUT2D eigenvalue weighted by atomic mass is 35.5. The van der Waals surface area contributed by atoms with Crippen molar-refractivity contribution in [1.29, 1.82) is 0 Å². The molecular formula is C13H13ClF2N2S. The molecule has 0 amide bonds. The lowest BCUT2D eigenvalue weighted by molar-refractivity contribution is 0.483. The molecule has 0 aliphatic rings. The first-order valence-corrected chi connectivity index (χ1v) is 6.92. The Labute approximate surface area is 119 Å². The van der Waals surface area contributed by atoms with Crippen LogP contribution in [0, 0.1) is 18.6 Å². The molecule has 0 fully saturated rings. The monoisotopic (exact) mass is 302 g/mol. The highest BCUT2D eigenvalue weighted by molar-refractivity contribution is 7.10. The normalized spacial score (nSPS) is 12.7. The average Bonchev–Trinajstić information content (AvgIpc) is 2.72. The van der Waals surface area contributed by atoms with Crippen LogP contribution in [0.15, 0.2) is 23.6 Å². The van der Waals surface area contributed by atoms with Gasteiger partial charge in [-0.2, -0.15) is 0 Å². The van der Waals surface area contributed by atoms with Gasteiger partial charge in [0, 0.05) is 4.88 Å². The van der Waals surface area contributed by atoms with Gasteiger partial charge < -0.3 is 0 Å². The Kier molecular flexibility index (Phi) is 4.52. The van der Waals surface area contributed by atoms with Crippen LogP contribution in [0.4, 0.5) is 8.78 Å². The van der Waals surface area contributed by atoms with Gasteiger partial charge in [0.05, 0.1) is 11.1 Å². The second-order valence-corrected chi connectivity index (χ2v) is 5.52. The van der Waals surface area contributed by atoms with Gasteiger partial charge in [-0.1, -0.05) is 23.7 Å². The molecule has 1 atom stereocenters. The van der Waals surface area contributed by atoms with Crippen LogP contribution in [-0.4, -0.2) is 0 Å². The molecule has 0 aliphatic carbocycles. The van der Waals surface area contributed by atoms with E-state index in [9.17, 15) is 8.78 Å². The highest BCUT2D eigenvalue weighted by Crippen LogP contribution is 2.34. The van der Waals surface area contributed by atoms with Crippen molar-refractivity contribution in [3.8, 4) is 0 Å². The summed E-state index contributed by atoms with van der Waals surface area (Å²) >= 11 is 7.61. The second-order valence-electron chi connectivity index (χ2n) is 4.23. The molecule has 1 unspecified atom stereocenters. The molecule has 1 heterocycles. The van der Waals surface area contributed by atoms with Crippen LogP contribution in [0.1, 0.15) is 22.0 Å². The molecule has 0 saturated heterocycles. The maximum atomic E-state index is 13.6. The Morgan fingerprint density at radius 2 is 2.16 bits per heavy atom. The zero-order valence-electron chi connectivity index (χ0n) is 10.2. The molecule has 102 valence electrons. The Morgan fingerprint density at radius 1 is 1.42 bits per heavy atom. The molecular weight excluding hydrogens is 290 g/mol. The van der Waals surface area contributed by atoms with E-state index in [1.165, 1.54) is 23.5 Å². The second kappa shape index (κ2) is 5.96. The average molecular weight is 303 g/mol. The fourth-order valence-electron chi connectivity index (χ4n) is 1.84. The van der Waals surface area contributed by atoms with Gasteiger partial charge in [-0.25, -0.2) is 8.78 Å². The maximum Gasteiger partial charge on any atom is 0.162 e. The molecule has 1 aromatic carbocycles. The van der Waals surface area contributed by atoms with Crippen molar-refractivity contribution in [2.24, 2.45) is 5.84 Å². The number of thiophene rings is 1. The molecule has 0 radical (unpaired) electrons. The Morgan fingerprint density at radius 3 is 2.74 bits per heavy atom. The van der Waals surface area contributed by atoms with E-state index in [-0.39, 0.29) is 18.0 Å². The van der Waals surface area contributed by atoms with Gasteiger partial charge in [0.15, 0.2) is 11.6 Å². The van der Waals surface area contributed by atoms with E-state index in [0.717, 1.165) is 16.5 Å². The van der Waals surface area contributed by atoms with Gasteiger partial charge in [-0.05, 0) is 35.9 Å². The molecule has 0 saturated carbocycles. The molecule has 1 aromatic heterocycles. The number of hydrogen-bond acceptors (Lipinski definition) is 3. The number of benzene rings is 1. The molecule has 2 rings (SSSR count). The number of nitrogens with two attached hydrogens (primary N) is 1. The highest BCUT2D eigenvalue weighted by Gasteiger charge is 2.19. The fraction of sp³-hybridized carbons (Fsp3) is 0.231. The van der Waals surface area contributed by atoms with Gasteiger partial charge >= 0.3 is 0 Å². The van der Waals surface area contributed by atoms with Gasteiger partial charge in [0.25, 0.3) is 0 Å². The molecule has 2 aromatic rings. The van der Waals surface area contributed by atoms with Crippen LogP contribution in [0.3, 0.4) is 0 Å². The van der Waals surface area contributed by atoms with E-state index < -0.39 is 11.6 Å². The summed E-state index contributed by atoms with van der Waals surface area (Å²) in [5.41, 5.74) is 3.82. The number of rotatable bonds is 4. The SMILES string of the molecule is Cc1csc(C(Cc2cccc(F)c2F)NN)c1Cl. The minimum absolute atomic E-state index is 0.236. The molecule has 6 heteroatoms. The predicted molar refractivity (Wildman–Crippen MR) is 74.2 cm³/mol. The van der Waals surface area contributed by atoms with E-state index in [2.05, 4.69) is 5.43 Å². The van der Waals surface area contributed by atoms with Crippen molar-refractivity contribution in [2.45, 2.75) is 19.4 Å². The fourth-order valence-corrected chi connectivity index (χ4v) is 3.22. The lowest BCUT2D eigenvalue weighted by Gasteiger charge is -2.15. The van der Waals surface area contributed by atoms with Crippen LogP contribution in [0.2, 0.25) is 5.02 Å². The van der Waals surface area contributed by atoms with Crippen LogP contribution in [0.5, 0.6) is 0 Å². The van der Waals surface area contributed by atoms with Crippen LogP contribution in [-0.2, 0) is 6.42 Å². The van der Waals surface area contributed by atoms with Crippen molar-refractivity contribution in [2.75, 3.05) is 0 Å². The molecule has 0 aliphatic heterocycles. The lowest BCUT2D eigenvalue weighted by Crippen LogP contribution is -2.29. The summed E-state index contributed by atoms with van der Waals surface area (Å²) in [6.45, 7) is 1.89. The van der Waals surface area contributed by atoms with Crippen molar-refractivity contribution in [3.63, 3.8) is 0 Å². The van der Waals surface area contributed by atoms with Gasteiger partial charge in [0.1, 0.15) is 0 Å². The van der Waals surface area contributed by atoms with Gasteiger partial charge in [-0.3, -0.25) is 11.3 Å². The topological polar surface area (TPSA) is 38.0 Å². The molecule has 3 N–H and O–H groups in total. The first-order chi connectivity index (χ1) is 9.04. The summed E-state index contributed by atoms with van der Waals surface area (Å²) in [6.07, 6.45) is 0.236. The van der Waals surface area contributed by atoms with Gasteiger partial charge in [0.2, 0.25) is 0 Å². The summed E-state index contributed by atoms with van der Waals surface area (Å²) in [5, 5.41) is 2.52. The zero-order chi connectivity index (χ0) is 14.0. The zero-order valence-corrected chi connectivity index (χ0v) is 11.8. The smallest absolute Gasteiger partial charge is 0.162 e. The Hall–Kier alpha value is -1.01. The number of hydrogen-bond donors (Lipinski definition) is 2. The number of nitrogens with one attached hydrogen (secondary N) is 1. The number of halogens is 3. The van der Waals surface area contributed by atoms with E-state index in [4.69, 9.17) is 17.4 Å². The third-order valence-corrected chi connectivity index (χ3v) is 4.73. The number of aryl methyl sites for hydroxylation is 1. The largest absolute Gasteiger partial charge is 0.271 e. The summed E-state index contributed by atoms with van der Waals surface area (Å²) in [4.78, 5) is 0.824. The first kappa shape index (κ1) is 14.4. The maximum absolute atomic E-state index is 13.6. The summed E-state index contributed by atoms with van der Waals surface area (Å²) in [5.74, 6) is 3.80. The third kappa shape index (κ3) is 2.95. The van der Waals surface area contributed by atoms with E-state index in [1.807, 2.05) is 12.3 Å². The minimum atomic E-state index is -0.860. The van der Waals surface area contributed by atoms with Crippen molar-refractivity contribution >= 4 is 22.9 Å². The van der Waals surface area contributed by atoms with Crippen LogP contribution >= 0.6 is 22.9 Å². The third-order valence-electron chi connectivity index (χ3n) is 2.90. The molecule has 19 heavy (non-hydrogen) atoms. The van der Waals surface area contributed by atoms with E-state index >= 15 is 0 Å². The molecule has 0 bridgehead atoms. The molecule has 2 nitrogen and oxygen atoms in total. The minimum Gasteiger partial charge on any atom is -0.271 e. The lowest BCUT2D eigenvalue weighted by atomic mass is 10.0. The van der Waals surface area contributed by atoms with Crippen LogP contribution < -0.4 is 11.3 Å². The van der Waals surface area contributed by atoms with Crippen molar-refractivity contribution in [3.05, 3.63) is 56.2 Å².